The highest BCUT2D eigenvalue weighted by Crippen LogP contribution is 2.39. The van der Waals surface area contributed by atoms with E-state index in [0.29, 0.717) is 21.6 Å². The molecule has 6 nitrogen and oxygen atoms in total. The van der Waals surface area contributed by atoms with Gasteiger partial charge in [-0.2, -0.15) is 0 Å². The largest absolute Gasteiger partial charge is 0.379 e. The molecule has 9 heteroatoms. The molecule has 1 fully saturated rings. The maximum atomic E-state index is 6.77. The second-order valence-corrected chi connectivity index (χ2v) is 8.98. The van der Waals surface area contributed by atoms with Crippen molar-refractivity contribution in [3.8, 4) is 5.69 Å². The lowest BCUT2D eigenvalue weighted by atomic mass is 9.97. The highest BCUT2D eigenvalue weighted by Gasteiger charge is 2.29. The maximum Gasteiger partial charge on any atom is 0.151 e. The fourth-order valence-electron chi connectivity index (χ4n) is 4.30. The lowest BCUT2D eigenvalue weighted by Gasteiger charge is -2.26. The van der Waals surface area contributed by atoms with Crippen molar-refractivity contribution in [2.45, 2.75) is 19.0 Å². The van der Waals surface area contributed by atoms with Crippen molar-refractivity contribution in [3.63, 3.8) is 0 Å². The molecule has 0 amide bonds. The van der Waals surface area contributed by atoms with Crippen LogP contribution in [-0.4, -0.2) is 52.5 Å². The molecule has 1 N–H and O–H groups in total. The Morgan fingerprint density at radius 3 is 2.61 bits per heavy atom. The zero-order valence-electron chi connectivity index (χ0n) is 16.8. The van der Waals surface area contributed by atoms with Crippen molar-refractivity contribution in [1.82, 2.24) is 25.0 Å². The number of aromatic nitrogens is 3. The molecular weight excluding hydrogens is 457 g/mol. The van der Waals surface area contributed by atoms with Crippen molar-refractivity contribution in [3.05, 3.63) is 74.2 Å². The summed E-state index contributed by atoms with van der Waals surface area (Å²) in [7, 11) is 0. The summed E-state index contributed by atoms with van der Waals surface area (Å²) in [5.41, 5.74) is 2.78. The van der Waals surface area contributed by atoms with Gasteiger partial charge >= 0.3 is 0 Å². The number of benzene rings is 2. The Hall–Kier alpha value is -1.67. The van der Waals surface area contributed by atoms with Crippen LogP contribution in [0.4, 0.5) is 0 Å². The Bertz CT molecular complexity index is 1100. The first-order valence-electron chi connectivity index (χ1n) is 10.3. The molecule has 2 aliphatic heterocycles. The van der Waals surface area contributed by atoms with E-state index in [1.54, 1.807) is 6.07 Å². The molecule has 0 bridgehead atoms. The summed E-state index contributed by atoms with van der Waals surface area (Å²) in [5.74, 6) is 1.70. The molecule has 3 heterocycles. The van der Waals surface area contributed by atoms with Crippen LogP contribution in [-0.2, 0) is 17.7 Å². The van der Waals surface area contributed by atoms with Crippen LogP contribution in [0.3, 0.4) is 0 Å². The highest BCUT2D eigenvalue weighted by molar-refractivity contribution is 6.36. The number of halogens is 3. The lowest BCUT2D eigenvalue weighted by molar-refractivity contribution is 0.0382. The van der Waals surface area contributed by atoms with Crippen LogP contribution in [0.2, 0.25) is 15.1 Å². The van der Waals surface area contributed by atoms with Gasteiger partial charge in [0.2, 0.25) is 0 Å². The van der Waals surface area contributed by atoms with Crippen molar-refractivity contribution in [1.29, 1.82) is 0 Å². The summed E-state index contributed by atoms with van der Waals surface area (Å²) < 4.78 is 7.54. The minimum absolute atomic E-state index is 0.173. The summed E-state index contributed by atoms with van der Waals surface area (Å²) in [6.45, 7) is 4.84. The van der Waals surface area contributed by atoms with Crippen LogP contribution < -0.4 is 5.32 Å². The van der Waals surface area contributed by atoms with Gasteiger partial charge in [-0.25, -0.2) is 0 Å². The van der Waals surface area contributed by atoms with Gasteiger partial charge in [-0.3, -0.25) is 14.8 Å². The average Bonchev–Trinajstić information content (AvgIpc) is 3.08. The van der Waals surface area contributed by atoms with Gasteiger partial charge in [0.25, 0.3) is 0 Å². The molecule has 3 aromatic rings. The SMILES string of the molecule is Clc1cc(Cl)c2c(c1)C(c1ccccc1Cl)NCc1nnc(CCN3CCOCC3)n1-2. The molecule has 0 saturated carbocycles. The Kier molecular flexibility index (Phi) is 6.19. The molecule has 1 aromatic heterocycles. The minimum Gasteiger partial charge on any atom is -0.379 e. The van der Waals surface area contributed by atoms with Gasteiger partial charge in [0.15, 0.2) is 5.82 Å². The van der Waals surface area contributed by atoms with Gasteiger partial charge in [-0.15, -0.1) is 10.2 Å². The number of hydrogen-bond donors (Lipinski definition) is 1. The Morgan fingerprint density at radius 2 is 1.81 bits per heavy atom. The van der Waals surface area contributed by atoms with Crippen LogP contribution in [0.5, 0.6) is 0 Å². The Balaban J connectivity index is 1.57. The predicted octanol–water partition coefficient (Wildman–Crippen LogP) is 4.29. The van der Waals surface area contributed by atoms with E-state index in [1.807, 2.05) is 30.3 Å². The lowest BCUT2D eigenvalue weighted by Crippen LogP contribution is -2.37. The normalized spacial score (nSPS) is 19.0. The smallest absolute Gasteiger partial charge is 0.151 e. The van der Waals surface area contributed by atoms with Gasteiger partial charge in [0, 0.05) is 41.7 Å². The number of morpholine rings is 1. The van der Waals surface area contributed by atoms with Crippen molar-refractivity contribution in [2.75, 3.05) is 32.8 Å². The molecule has 31 heavy (non-hydrogen) atoms. The van der Waals surface area contributed by atoms with Gasteiger partial charge in [-0.05, 0) is 23.8 Å². The van der Waals surface area contributed by atoms with Gasteiger partial charge in [-0.1, -0.05) is 53.0 Å². The van der Waals surface area contributed by atoms with Crippen LogP contribution in [0.15, 0.2) is 36.4 Å². The van der Waals surface area contributed by atoms with E-state index in [1.165, 1.54) is 0 Å². The van der Waals surface area contributed by atoms with E-state index in [-0.39, 0.29) is 6.04 Å². The quantitative estimate of drug-likeness (QED) is 0.606. The number of rotatable bonds is 4. The average molecular weight is 479 g/mol. The van der Waals surface area contributed by atoms with E-state index in [4.69, 9.17) is 39.5 Å². The third kappa shape index (κ3) is 4.21. The first-order chi connectivity index (χ1) is 15.1. The number of nitrogens with one attached hydrogen (secondary N) is 1. The molecule has 2 aliphatic rings. The van der Waals surface area contributed by atoms with Crippen molar-refractivity contribution < 1.29 is 4.74 Å². The molecule has 1 atom stereocenters. The van der Waals surface area contributed by atoms with Gasteiger partial charge in [0.1, 0.15) is 5.82 Å². The summed E-state index contributed by atoms with van der Waals surface area (Å²) in [6.07, 6.45) is 0.766. The summed E-state index contributed by atoms with van der Waals surface area (Å²) in [6, 6.07) is 11.4. The van der Waals surface area contributed by atoms with Crippen molar-refractivity contribution >= 4 is 34.8 Å². The van der Waals surface area contributed by atoms with Crippen LogP contribution >= 0.6 is 34.8 Å². The fourth-order valence-corrected chi connectivity index (χ4v) is 5.14. The second-order valence-electron chi connectivity index (χ2n) is 7.73. The van der Waals surface area contributed by atoms with Crippen LogP contribution in [0.1, 0.15) is 28.8 Å². The molecule has 1 unspecified atom stereocenters. The Labute approximate surface area is 196 Å². The minimum atomic E-state index is -0.173. The van der Waals surface area contributed by atoms with E-state index in [9.17, 15) is 0 Å². The van der Waals surface area contributed by atoms with Crippen LogP contribution in [0.25, 0.3) is 5.69 Å². The first kappa shape index (κ1) is 21.2. The molecule has 162 valence electrons. The maximum absolute atomic E-state index is 6.77. The monoisotopic (exact) mass is 477 g/mol. The summed E-state index contributed by atoms with van der Waals surface area (Å²) in [4.78, 5) is 2.39. The molecule has 2 aromatic carbocycles. The first-order valence-corrected chi connectivity index (χ1v) is 11.5. The van der Waals surface area contributed by atoms with Crippen LogP contribution in [0, 0.1) is 0 Å². The Morgan fingerprint density at radius 1 is 1.00 bits per heavy atom. The molecule has 0 spiro atoms. The molecule has 0 radical (unpaired) electrons. The zero-order valence-corrected chi connectivity index (χ0v) is 19.1. The molecule has 1 saturated heterocycles. The van der Waals surface area contributed by atoms with E-state index in [0.717, 1.165) is 67.7 Å². The molecule has 0 aliphatic carbocycles. The number of nitrogens with zero attached hydrogens (tertiary/aromatic N) is 4. The van der Waals surface area contributed by atoms with Gasteiger partial charge in [0.05, 0.1) is 36.5 Å². The third-order valence-corrected chi connectivity index (χ3v) is 6.68. The number of ether oxygens (including phenoxy) is 1. The van der Waals surface area contributed by atoms with Gasteiger partial charge < -0.3 is 4.74 Å². The number of fused-ring (bicyclic) bond motifs is 3. The van der Waals surface area contributed by atoms with E-state index >= 15 is 0 Å². The third-order valence-electron chi connectivity index (χ3n) is 5.83. The second kappa shape index (κ2) is 9.06. The standard InChI is InChI=1S/C22H22Cl3N5O/c23-14-11-16-21(15-3-1-2-4-17(15)24)26-13-20-28-27-19(30(20)22(16)18(25)12-14)5-6-29-7-9-31-10-8-29/h1-4,11-12,21,26H,5-10,13H2. The molecule has 5 rings (SSSR count). The zero-order chi connectivity index (χ0) is 21.4. The van der Waals surface area contributed by atoms with E-state index in [2.05, 4.69) is 25.0 Å². The number of hydrogen-bond acceptors (Lipinski definition) is 5. The predicted molar refractivity (Wildman–Crippen MR) is 122 cm³/mol. The topological polar surface area (TPSA) is 55.2 Å². The summed E-state index contributed by atoms with van der Waals surface area (Å²) >= 11 is 19.7. The summed E-state index contributed by atoms with van der Waals surface area (Å²) in [5, 5.41) is 14.4. The highest BCUT2D eigenvalue weighted by atomic mass is 35.5. The van der Waals surface area contributed by atoms with Crippen molar-refractivity contribution in [2.24, 2.45) is 0 Å². The molecular formula is C22H22Cl3N5O. The van der Waals surface area contributed by atoms with E-state index < -0.39 is 0 Å². The fraction of sp³-hybridized carbons (Fsp3) is 0.364.